The molecule has 1 aliphatic carbocycles. The van der Waals surface area contributed by atoms with Gasteiger partial charge in [0.2, 0.25) is 5.91 Å². The molecule has 3 heteroatoms. The molecule has 0 aromatic heterocycles. The molecule has 2 atom stereocenters. The fourth-order valence-corrected chi connectivity index (χ4v) is 1.86. The lowest BCUT2D eigenvalue weighted by molar-refractivity contribution is -0.119. The summed E-state index contributed by atoms with van der Waals surface area (Å²) < 4.78 is 0. The third-order valence-electron chi connectivity index (χ3n) is 2.65. The third kappa shape index (κ3) is 1.25. The van der Waals surface area contributed by atoms with Crippen LogP contribution in [-0.2, 0) is 4.79 Å². The first-order valence-electron chi connectivity index (χ1n) is 4.21. The fourth-order valence-electron chi connectivity index (χ4n) is 1.86. The highest BCUT2D eigenvalue weighted by molar-refractivity contribution is 5.79. The summed E-state index contributed by atoms with van der Waals surface area (Å²) in [6.45, 7) is 0.153. The molecule has 0 radical (unpaired) electrons. The standard InChI is InChI=1S/C8H13NO2/c10-4-6-3-7(11)9-8(6)5-1-2-5/h5-6,8,10H,1-4H2,(H,9,11). The van der Waals surface area contributed by atoms with Crippen molar-refractivity contribution in [2.75, 3.05) is 6.61 Å². The summed E-state index contributed by atoms with van der Waals surface area (Å²) >= 11 is 0. The molecule has 1 amide bonds. The normalized spacial score (nSPS) is 37.4. The van der Waals surface area contributed by atoms with E-state index in [2.05, 4.69) is 5.32 Å². The molecule has 2 rings (SSSR count). The number of hydrogen-bond acceptors (Lipinski definition) is 2. The van der Waals surface area contributed by atoms with E-state index in [1.807, 2.05) is 0 Å². The van der Waals surface area contributed by atoms with Crippen molar-refractivity contribution in [3.8, 4) is 0 Å². The van der Waals surface area contributed by atoms with Crippen LogP contribution in [-0.4, -0.2) is 23.7 Å². The van der Waals surface area contributed by atoms with Crippen molar-refractivity contribution in [2.45, 2.75) is 25.3 Å². The molecule has 1 saturated heterocycles. The van der Waals surface area contributed by atoms with Gasteiger partial charge in [0.15, 0.2) is 0 Å². The molecule has 1 aliphatic heterocycles. The van der Waals surface area contributed by atoms with E-state index in [0.717, 1.165) is 0 Å². The minimum Gasteiger partial charge on any atom is -0.396 e. The van der Waals surface area contributed by atoms with Crippen LogP contribution in [0.5, 0.6) is 0 Å². The molecule has 2 N–H and O–H groups in total. The summed E-state index contributed by atoms with van der Waals surface area (Å²) in [5.41, 5.74) is 0. The molecule has 1 saturated carbocycles. The first kappa shape index (κ1) is 7.10. The highest BCUT2D eigenvalue weighted by atomic mass is 16.3. The maximum Gasteiger partial charge on any atom is 0.220 e. The molecule has 2 fully saturated rings. The average Bonchev–Trinajstić information content (AvgIpc) is 2.75. The maximum atomic E-state index is 10.9. The van der Waals surface area contributed by atoms with E-state index in [4.69, 9.17) is 5.11 Å². The first-order chi connectivity index (χ1) is 5.31. The average molecular weight is 155 g/mol. The zero-order valence-corrected chi connectivity index (χ0v) is 6.42. The Morgan fingerprint density at radius 2 is 2.27 bits per heavy atom. The Labute approximate surface area is 65.8 Å². The molecule has 0 bridgehead atoms. The number of aliphatic hydroxyl groups excluding tert-OH is 1. The number of carbonyl (C=O) groups is 1. The second-order valence-corrected chi connectivity index (χ2v) is 3.58. The van der Waals surface area contributed by atoms with Crippen LogP contribution in [0.25, 0.3) is 0 Å². The van der Waals surface area contributed by atoms with E-state index in [0.29, 0.717) is 12.3 Å². The maximum absolute atomic E-state index is 10.9. The van der Waals surface area contributed by atoms with Crippen molar-refractivity contribution in [2.24, 2.45) is 11.8 Å². The number of aliphatic hydroxyl groups is 1. The topological polar surface area (TPSA) is 49.3 Å². The minimum absolute atomic E-state index is 0.112. The highest BCUT2D eigenvalue weighted by Gasteiger charge is 2.41. The fraction of sp³-hybridized carbons (Fsp3) is 0.875. The molecule has 0 aromatic rings. The van der Waals surface area contributed by atoms with Crippen molar-refractivity contribution in [3.05, 3.63) is 0 Å². The Balaban J connectivity index is 2.00. The minimum atomic E-state index is 0.112. The van der Waals surface area contributed by atoms with Gasteiger partial charge in [-0.05, 0) is 18.8 Å². The second-order valence-electron chi connectivity index (χ2n) is 3.58. The number of carbonyl (C=O) groups excluding carboxylic acids is 1. The van der Waals surface area contributed by atoms with Gasteiger partial charge >= 0.3 is 0 Å². The first-order valence-corrected chi connectivity index (χ1v) is 4.21. The van der Waals surface area contributed by atoms with Gasteiger partial charge in [0.05, 0.1) is 0 Å². The van der Waals surface area contributed by atoms with E-state index in [9.17, 15) is 4.79 Å². The Hall–Kier alpha value is -0.570. The van der Waals surface area contributed by atoms with Crippen LogP contribution in [0, 0.1) is 11.8 Å². The molecular formula is C8H13NO2. The van der Waals surface area contributed by atoms with Gasteiger partial charge in [0.25, 0.3) is 0 Å². The summed E-state index contributed by atoms with van der Waals surface area (Å²) in [6.07, 6.45) is 2.97. The third-order valence-corrected chi connectivity index (χ3v) is 2.65. The van der Waals surface area contributed by atoms with E-state index < -0.39 is 0 Å². The van der Waals surface area contributed by atoms with Crippen molar-refractivity contribution < 1.29 is 9.90 Å². The molecule has 62 valence electrons. The van der Waals surface area contributed by atoms with Gasteiger partial charge in [0.1, 0.15) is 0 Å². The summed E-state index contributed by atoms with van der Waals surface area (Å²) in [6, 6.07) is 0.285. The Morgan fingerprint density at radius 3 is 2.82 bits per heavy atom. The Kier molecular flexibility index (Phi) is 1.60. The van der Waals surface area contributed by atoms with Gasteiger partial charge in [-0.25, -0.2) is 0 Å². The number of amides is 1. The lowest BCUT2D eigenvalue weighted by Gasteiger charge is -2.14. The predicted molar refractivity (Wildman–Crippen MR) is 39.8 cm³/mol. The zero-order valence-electron chi connectivity index (χ0n) is 6.42. The summed E-state index contributed by atoms with van der Waals surface area (Å²) in [7, 11) is 0. The van der Waals surface area contributed by atoms with Crippen LogP contribution in [0.15, 0.2) is 0 Å². The summed E-state index contributed by atoms with van der Waals surface area (Å²) in [5.74, 6) is 0.967. The van der Waals surface area contributed by atoms with Gasteiger partial charge in [0, 0.05) is 25.0 Å². The summed E-state index contributed by atoms with van der Waals surface area (Å²) in [4.78, 5) is 10.9. The van der Waals surface area contributed by atoms with Gasteiger partial charge in [-0.1, -0.05) is 0 Å². The molecule has 11 heavy (non-hydrogen) atoms. The van der Waals surface area contributed by atoms with Gasteiger partial charge in [-0.15, -0.1) is 0 Å². The van der Waals surface area contributed by atoms with E-state index in [1.54, 1.807) is 0 Å². The second kappa shape index (κ2) is 2.48. The molecular weight excluding hydrogens is 142 g/mol. The SMILES string of the molecule is O=C1CC(CO)C(C2CC2)N1. The lowest BCUT2D eigenvalue weighted by Crippen LogP contribution is -2.32. The number of rotatable bonds is 2. The quantitative estimate of drug-likeness (QED) is 0.584. The smallest absolute Gasteiger partial charge is 0.220 e. The molecule has 2 unspecified atom stereocenters. The van der Waals surface area contributed by atoms with Crippen LogP contribution in [0.2, 0.25) is 0 Å². The highest BCUT2D eigenvalue weighted by Crippen LogP contribution is 2.38. The van der Waals surface area contributed by atoms with Crippen molar-refractivity contribution in [1.82, 2.24) is 5.32 Å². The molecule has 3 nitrogen and oxygen atoms in total. The predicted octanol–water partition coefficient (Wildman–Crippen LogP) is -0.107. The summed E-state index contributed by atoms with van der Waals surface area (Å²) in [5, 5.41) is 11.9. The number of nitrogens with one attached hydrogen (secondary N) is 1. The van der Waals surface area contributed by atoms with Crippen molar-refractivity contribution in [3.63, 3.8) is 0 Å². The van der Waals surface area contributed by atoms with Gasteiger partial charge in [-0.2, -0.15) is 0 Å². The molecule has 0 spiro atoms. The molecule has 2 aliphatic rings. The van der Waals surface area contributed by atoms with E-state index in [-0.39, 0.29) is 24.5 Å². The molecule has 1 heterocycles. The van der Waals surface area contributed by atoms with E-state index in [1.165, 1.54) is 12.8 Å². The van der Waals surface area contributed by atoms with Crippen LogP contribution in [0.1, 0.15) is 19.3 Å². The molecule has 0 aromatic carbocycles. The number of hydrogen-bond donors (Lipinski definition) is 2. The monoisotopic (exact) mass is 155 g/mol. The van der Waals surface area contributed by atoms with Crippen molar-refractivity contribution >= 4 is 5.91 Å². The van der Waals surface area contributed by atoms with Crippen LogP contribution in [0.4, 0.5) is 0 Å². The van der Waals surface area contributed by atoms with Crippen LogP contribution in [0.3, 0.4) is 0 Å². The van der Waals surface area contributed by atoms with Crippen LogP contribution >= 0.6 is 0 Å². The zero-order chi connectivity index (χ0) is 7.84. The van der Waals surface area contributed by atoms with Gasteiger partial charge < -0.3 is 10.4 Å². The lowest BCUT2D eigenvalue weighted by atomic mass is 9.98. The Bertz CT molecular complexity index is 177. The van der Waals surface area contributed by atoms with Crippen molar-refractivity contribution in [1.29, 1.82) is 0 Å². The van der Waals surface area contributed by atoms with Gasteiger partial charge in [-0.3, -0.25) is 4.79 Å². The largest absolute Gasteiger partial charge is 0.396 e. The Morgan fingerprint density at radius 1 is 1.55 bits per heavy atom. The van der Waals surface area contributed by atoms with E-state index >= 15 is 0 Å². The van der Waals surface area contributed by atoms with Crippen LogP contribution < -0.4 is 5.32 Å².